The minimum absolute atomic E-state index is 0.171. The van der Waals surface area contributed by atoms with Crippen molar-refractivity contribution >= 4 is 6.29 Å². The van der Waals surface area contributed by atoms with Crippen molar-refractivity contribution in [2.45, 2.75) is 34.6 Å². The zero-order valence-corrected chi connectivity index (χ0v) is 9.66. The van der Waals surface area contributed by atoms with E-state index in [0.29, 0.717) is 11.8 Å². The third kappa shape index (κ3) is 5.36. The second kappa shape index (κ2) is 9.78. The number of aromatic hydroxyl groups is 1. The van der Waals surface area contributed by atoms with Gasteiger partial charge in [-0.25, -0.2) is 0 Å². The van der Waals surface area contributed by atoms with Gasteiger partial charge in [0, 0.05) is 5.56 Å². The Balaban J connectivity index is 0. The fourth-order valence-corrected chi connectivity index (χ4v) is 0.700. The molecule has 2 nitrogen and oxygen atoms in total. The Morgan fingerprint density at radius 3 is 2.00 bits per heavy atom. The molecule has 80 valence electrons. The number of rotatable bonds is 1. The van der Waals surface area contributed by atoms with Crippen LogP contribution in [0.1, 0.15) is 43.6 Å². The van der Waals surface area contributed by atoms with Crippen molar-refractivity contribution in [3.05, 3.63) is 29.3 Å². The number of phenolic OH excluding ortho intramolecular Hbond substituents is 1. The van der Waals surface area contributed by atoms with Gasteiger partial charge < -0.3 is 5.11 Å². The van der Waals surface area contributed by atoms with Gasteiger partial charge in [0.1, 0.15) is 12.0 Å². The highest BCUT2D eigenvalue weighted by atomic mass is 16.3. The summed E-state index contributed by atoms with van der Waals surface area (Å²) in [5.74, 6) is 0.171. The summed E-state index contributed by atoms with van der Waals surface area (Å²) in [7, 11) is 0. The molecule has 1 aromatic rings. The molecule has 1 rings (SSSR count). The molecule has 0 spiro atoms. The highest BCUT2D eigenvalue weighted by Gasteiger charge is 1.95. The molecule has 1 aromatic carbocycles. The maximum absolute atomic E-state index is 10.2. The van der Waals surface area contributed by atoms with Gasteiger partial charge in [-0.05, 0) is 18.6 Å². The predicted octanol–water partition coefficient (Wildman–Crippen LogP) is 3.57. The minimum atomic E-state index is 0.171. The topological polar surface area (TPSA) is 37.3 Å². The quantitative estimate of drug-likeness (QED) is 0.697. The first-order valence-corrected chi connectivity index (χ1v) is 4.99. The van der Waals surface area contributed by atoms with E-state index >= 15 is 0 Å². The summed E-state index contributed by atoms with van der Waals surface area (Å²) in [6, 6.07) is 4.82. The predicted molar refractivity (Wildman–Crippen MR) is 60.9 cm³/mol. The van der Waals surface area contributed by atoms with E-state index in [1.807, 2.05) is 27.7 Å². The molecule has 1 N–H and O–H groups in total. The molecule has 0 heterocycles. The molecule has 0 aliphatic rings. The summed E-state index contributed by atoms with van der Waals surface area (Å²) in [5, 5.41) is 9.07. The Kier molecular flexibility index (Phi) is 10.6. The number of aldehydes is 1. The number of aryl methyl sites for hydroxylation is 1. The highest BCUT2D eigenvalue weighted by molar-refractivity contribution is 5.75. The average molecular weight is 196 g/mol. The molecule has 0 saturated heterocycles. The molecule has 0 bridgehead atoms. The molecular formula is C12H20O2. The molecule has 0 radical (unpaired) electrons. The first-order valence-electron chi connectivity index (χ1n) is 4.99. The Labute approximate surface area is 86.6 Å². The van der Waals surface area contributed by atoms with Crippen LogP contribution in [0.25, 0.3) is 0 Å². The van der Waals surface area contributed by atoms with Gasteiger partial charge in [0.05, 0.1) is 0 Å². The normalized spacial score (nSPS) is 7.50. The zero-order chi connectivity index (χ0) is 11.6. The first-order chi connectivity index (χ1) is 6.74. The van der Waals surface area contributed by atoms with E-state index in [2.05, 4.69) is 0 Å². The fourth-order valence-electron chi connectivity index (χ4n) is 0.700. The highest BCUT2D eigenvalue weighted by Crippen LogP contribution is 2.15. The lowest BCUT2D eigenvalue weighted by Gasteiger charge is -1.96. The Hall–Kier alpha value is -1.31. The second-order valence-electron chi connectivity index (χ2n) is 2.16. The Morgan fingerprint density at radius 2 is 1.64 bits per heavy atom. The lowest BCUT2D eigenvalue weighted by Crippen LogP contribution is -1.80. The summed E-state index contributed by atoms with van der Waals surface area (Å²) in [6.45, 7) is 9.78. The molecule has 2 heteroatoms. The average Bonchev–Trinajstić information content (AvgIpc) is 2.28. The van der Waals surface area contributed by atoms with Crippen LogP contribution in [0.15, 0.2) is 18.2 Å². The monoisotopic (exact) mass is 196 g/mol. The van der Waals surface area contributed by atoms with Crippen molar-refractivity contribution < 1.29 is 9.90 Å². The van der Waals surface area contributed by atoms with Gasteiger partial charge in [0.2, 0.25) is 0 Å². The van der Waals surface area contributed by atoms with Crippen LogP contribution in [0.3, 0.4) is 0 Å². The van der Waals surface area contributed by atoms with Gasteiger partial charge in [-0.2, -0.15) is 0 Å². The van der Waals surface area contributed by atoms with Gasteiger partial charge in [-0.15, -0.1) is 0 Å². The molecule has 0 amide bonds. The van der Waals surface area contributed by atoms with E-state index in [1.165, 1.54) is 6.07 Å². The van der Waals surface area contributed by atoms with E-state index in [4.69, 9.17) is 5.11 Å². The summed E-state index contributed by atoms with van der Waals surface area (Å²) in [5.41, 5.74) is 1.29. The third-order valence-electron chi connectivity index (χ3n) is 1.37. The van der Waals surface area contributed by atoms with Gasteiger partial charge in [-0.1, -0.05) is 39.8 Å². The minimum Gasteiger partial charge on any atom is -0.508 e. The molecule has 0 aromatic heterocycles. The molecule has 0 unspecified atom stereocenters. The number of benzene rings is 1. The van der Waals surface area contributed by atoms with Crippen LogP contribution >= 0.6 is 0 Å². The van der Waals surface area contributed by atoms with Crippen molar-refractivity contribution in [1.82, 2.24) is 0 Å². The number of hydrogen-bond donors (Lipinski definition) is 1. The second-order valence-corrected chi connectivity index (χ2v) is 2.16. The zero-order valence-electron chi connectivity index (χ0n) is 9.66. The van der Waals surface area contributed by atoms with Crippen LogP contribution in [-0.2, 0) is 0 Å². The maximum atomic E-state index is 10.2. The van der Waals surface area contributed by atoms with Crippen LogP contribution in [0, 0.1) is 6.92 Å². The van der Waals surface area contributed by atoms with Crippen LogP contribution in [0.2, 0.25) is 0 Å². The van der Waals surface area contributed by atoms with E-state index in [-0.39, 0.29) is 5.75 Å². The Morgan fingerprint density at radius 1 is 1.14 bits per heavy atom. The third-order valence-corrected chi connectivity index (χ3v) is 1.37. The maximum Gasteiger partial charge on any atom is 0.150 e. The number of carbonyl (C=O) groups excluding carboxylic acids is 1. The van der Waals surface area contributed by atoms with Gasteiger partial charge >= 0.3 is 0 Å². The number of carbonyl (C=O) groups is 1. The van der Waals surface area contributed by atoms with Gasteiger partial charge in [0.25, 0.3) is 0 Å². The molecule has 0 fully saturated rings. The van der Waals surface area contributed by atoms with E-state index in [9.17, 15) is 4.79 Å². The largest absolute Gasteiger partial charge is 0.508 e. The number of phenols is 1. The molecular weight excluding hydrogens is 176 g/mol. The van der Waals surface area contributed by atoms with Crippen LogP contribution in [0.5, 0.6) is 5.75 Å². The van der Waals surface area contributed by atoms with Gasteiger partial charge in [0.15, 0.2) is 0 Å². The van der Waals surface area contributed by atoms with E-state index < -0.39 is 0 Å². The first kappa shape index (κ1) is 15.2. The van der Waals surface area contributed by atoms with Gasteiger partial charge in [-0.3, -0.25) is 4.79 Å². The molecule has 0 aliphatic heterocycles. The van der Waals surface area contributed by atoms with E-state index in [0.717, 1.165) is 5.56 Å². The van der Waals surface area contributed by atoms with Crippen molar-refractivity contribution in [3.63, 3.8) is 0 Å². The standard InChI is InChI=1S/C8H8O2.2C2H6/c1-6-2-3-7(5-9)4-8(6)10;2*1-2/h2-5,10H,1H3;2*1-2H3. The lowest BCUT2D eigenvalue weighted by molar-refractivity contribution is 0.112. The van der Waals surface area contributed by atoms with Crippen molar-refractivity contribution in [3.8, 4) is 5.75 Å². The lowest BCUT2D eigenvalue weighted by atomic mass is 10.1. The van der Waals surface area contributed by atoms with Crippen molar-refractivity contribution in [2.75, 3.05) is 0 Å². The summed E-state index contributed by atoms with van der Waals surface area (Å²) < 4.78 is 0. The van der Waals surface area contributed by atoms with Crippen LogP contribution in [-0.4, -0.2) is 11.4 Å². The molecule has 0 aliphatic carbocycles. The molecule has 0 saturated carbocycles. The van der Waals surface area contributed by atoms with Crippen LogP contribution < -0.4 is 0 Å². The van der Waals surface area contributed by atoms with Crippen molar-refractivity contribution in [1.29, 1.82) is 0 Å². The number of hydrogen-bond acceptors (Lipinski definition) is 2. The summed E-state index contributed by atoms with van der Waals surface area (Å²) >= 11 is 0. The SMILES string of the molecule is CC.CC.Cc1ccc(C=O)cc1O. The summed E-state index contributed by atoms with van der Waals surface area (Å²) in [6.07, 6.45) is 0.708. The molecule has 0 atom stereocenters. The van der Waals surface area contributed by atoms with Crippen molar-refractivity contribution in [2.24, 2.45) is 0 Å². The van der Waals surface area contributed by atoms with Crippen LogP contribution in [0.4, 0.5) is 0 Å². The Bertz CT molecular complexity index is 254. The fraction of sp³-hybridized carbons (Fsp3) is 0.417. The molecule has 14 heavy (non-hydrogen) atoms. The summed E-state index contributed by atoms with van der Waals surface area (Å²) in [4.78, 5) is 10.2. The smallest absolute Gasteiger partial charge is 0.150 e. The van der Waals surface area contributed by atoms with E-state index in [1.54, 1.807) is 19.1 Å².